The number of ether oxygens (including phenoxy) is 1. The number of carbonyl (C=O) groups is 1. The molecule has 3 atom stereocenters. The maximum atomic E-state index is 12.0. The van der Waals surface area contributed by atoms with Crippen molar-refractivity contribution in [1.82, 2.24) is 0 Å². The summed E-state index contributed by atoms with van der Waals surface area (Å²) in [7, 11) is 1.46. The first-order chi connectivity index (χ1) is 9.22. The molecule has 0 spiro atoms. The van der Waals surface area contributed by atoms with E-state index in [0.29, 0.717) is 11.3 Å². The first kappa shape index (κ1) is 15.5. The highest BCUT2D eigenvalue weighted by molar-refractivity contribution is 5.96. The highest BCUT2D eigenvalue weighted by Gasteiger charge is 2.59. The van der Waals surface area contributed by atoms with Crippen LogP contribution < -0.4 is 0 Å². The van der Waals surface area contributed by atoms with Crippen molar-refractivity contribution in [1.29, 1.82) is 0 Å². The van der Waals surface area contributed by atoms with Crippen LogP contribution in [0.5, 0.6) is 0 Å². The van der Waals surface area contributed by atoms with Crippen molar-refractivity contribution >= 4 is 11.7 Å². The zero-order chi connectivity index (χ0) is 15.1. The van der Waals surface area contributed by atoms with Crippen molar-refractivity contribution < 1.29 is 9.53 Å². The summed E-state index contributed by atoms with van der Waals surface area (Å²) in [5, 5.41) is 0. The zero-order valence-electron chi connectivity index (χ0n) is 13.8. The number of rotatable bonds is 4. The first-order valence-electron chi connectivity index (χ1n) is 7.87. The second-order valence-corrected chi connectivity index (χ2v) is 7.74. The molecule has 0 aromatic heterocycles. The van der Waals surface area contributed by atoms with Crippen LogP contribution in [-0.2, 0) is 9.53 Å². The van der Waals surface area contributed by atoms with Gasteiger partial charge in [0.25, 0.3) is 0 Å². The monoisotopic (exact) mass is 279 g/mol. The van der Waals surface area contributed by atoms with Gasteiger partial charge < -0.3 is 4.74 Å². The Labute approximate surface area is 123 Å². The Balaban J connectivity index is 2.27. The van der Waals surface area contributed by atoms with Gasteiger partial charge in [-0.15, -0.1) is 0 Å². The number of carbonyl (C=O) groups excluding carboxylic acids is 1. The van der Waals surface area contributed by atoms with E-state index in [-0.39, 0.29) is 17.4 Å². The topological polar surface area (TPSA) is 38.7 Å². The molecule has 0 aromatic carbocycles. The quantitative estimate of drug-likeness (QED) is 0.733. The van der Waals surface area contributed by atoms with Crippen molar-refractivity contribution in [3.63, 3.8) is 0 Å². The largest absolute Gasteiger partial charge is 0.467 e. The lowest BCUT2D eigenvalue weighted by molar-refractivity contribution is -0.142. The Morgan fingerprint density at radius 3 is 2.45 bits per heavy atom. The Bertz CT molecular complexity index is 425. The van der Waals surface area contributed by atoms with Crippen LogP contribution in [0.25, 0.3) is 0 Å². The first-order valence-corrected chi connectivity index (χ1v) is 7.87. The van der Waals surface area contributed by atoms with E-state index in [4.69, 9.17) is 9.73 Å². The average molecular weight is 279 g/mol. The Morgan fingerprint density at radius 1 is 1.40 bits per heavy atom. The Morgan fingerprint density at radius 2 is 2.05 bits per heavy atom. The molecule has 2 aliphatic rings. The maximum Gasteiger partial charge on any atom is 0.330 e. The summed E-state index contributed by atoms with van der Waals surface area (Å²) < 4.78 is 4.94. The second-order valence-electron chi connectivity index (χ2n) is 7.74. The van der Waals surface area contributed by atoms with Crippen molar-refractivity contribution in [2.75, 3.05) is 7.11 Å². The minimum atomic E-state index is -0.318. The molecule has 2 saturated carbocycles. The van der Waals surface area contributed by atoms with Crippen molar-refractivity contribution in [2.45, 2.75) is 66.3 Å². The molecule has 3 nitrogen and oxygen atoms in total. The fraction of sp³-hybridized carbons (Fsp3) is 0.882. The number of methoxy groups -OCH3 is 1. The van der Waals surface area contributed by atoms with Gasteiger partial charge in [-0.05, 0) is 42.9 Å². The molecule has 0 amide bonds. The van der Waals surface area contributed by atoms with Gasteiger partial charge in [0.15, 0.2) is 0 Å². The van der Waals surface area contributed by atoms with E-state index in [0.717, 1.165) is 18.8 Å². The molecule has 114 valence electrons. The van der Waals surface area contributed by atoms with E-state index in [2.05, 4.69) is 34.6 Å². The third-order valence-electron chi connectivity index (χ3n) is 5.99. The lowest BCUT2D eigenvalue weighted by Gasteiger charge is -2.35. The second kappa shape index (κ2) is 5.16. The van der Waals surface area contributed by atoms with Crippen LogP contribution in [0.2, 0.25) is 0 Å². The molecule has 0 saturated heterocycles. The third-order valence-corrected chi connectivity index (χ3v) is 5.99. The Hall–Kier alpha value is -0.860. The lowest BCUT2D eigenvalue weighted by Crippen LogP contribution is -2.34. The van der Waals surface area contributed by atoms with E-state index < -0.39 is 0 Å². The molecule has 2 fully saturated rings. The molecule has 0 radical (unpaired) electrons. The molecule has 2 bridgehead atoms. The number of nitrogens with zero attached hydrogens (tertiary/aromatic N) is 1. The summed E-state index contributed by atoms with van der Waals surface area (Å²) >= 11 is 0. The van der Waals surface area contributed by atoms with E-state index in [9.17, 15) is 4.79 Å². The molecular weight excluding hydrogens is 250 g/mol. The van der Waals surface area contributed by atoms with E-state index in [1.807, 2.05) is 0 Å². The van der Waals surface area contributed by atoms with Gasteiger partial charge in [0.1, 0.15) is 6.04 Å². The number of hydrogen-bond acceptors (Lipinski definition) is 3. The zero-order valence-corrected chi connectivity index (χ0v) is 13.8. The number of aliphatic imine (C=N–C) groups is 1. The molecular formula is C17H29NO2. The average Bonchev–Trinajstić information content (AvgIpc) is 2.69. The molecule has 0 N–H and O–H groups in total. The summed E-state index contributed by atoms with van der Waals surface area (Å²) in [6, 6.07) is -0.318. The fourth-order valence-electron chi connectivity index (χ4n) is 4.10. The van der Waals surface area contributed by atoms with Gasteiger partial charge in [-0.3, -0.25) is 4.99 Å². The predicted molar refractivity (Wildman–Crippen MR) is 81.9 cm³/mol. The van der Waals surface area contributed by atoms with Gasteiger partial charge in [0, 0.05) is 11.1 Å². The standard InChI is InChI=1S/C17H29NO2/c1-11(2)9-13(15(19)20-6)18-14-10-12-7-8-17(14,5)16(12,3)4/h11-13H,7-10H2,1-6H3/t12-,13-,17+/m0/s1. The van der Waals surface area contributed by atoms with Gasteiger partial charge in [0.05, 0.1) is 7.11 Å². The van der Waals surface area contributed by atoms with Gasteiger partial charge >= 0.3 is 5.97 Å². The summed E-state index contributed by atoms with van der Waals surface area (Å²) in [5.41, 5.74) is 1.74. The van der Waals surface area contributed by atoms with E-state index >= 15 is 0 Å². The Kier molecular flexibility index (Phi) is 4.01. The van der Waals surface area contributed by atoms with Crippen LogP contribution in [0.15, 0.2) is 4.99 Å². The van der Waals surface area contributed by atoms with Crippen molar-refractivity contribution in [3.05, 3.63) is 0 Å². The van der Waals surface area contributed by atoms with Crippen LogP contribution in [0.3, 0.4) is 0 Å². The van der Waals surface area contributed by atoms with Gasteiger partial charge in [-0.25, -0.2) is 4.79 Å². The highest BCUT2D eigenvalue weighted by Crippen LogP contribution is 2.64. The van der Waals surface area contributed by atoms with Crippen molar-refractivity contribution in [3.8, 4) is 0 Å². The normalized spacial score (nSPS) is 34.8. The minimum Gasteiger partial charge on any atom is -0.467 e. The van der Waals surface area contributed by atoms with Gasteiger partial charge in [-0.2, -0.15) is 0 Å². The van der Waals surface area contributed by atoms with Gasteiger partial charge in [0.2, 0.25) is 0 Å². The summed E-state index contributed by atoms with van der Waals surface area (Å²) in [6.07, 6.45) is 4.35. The number of fused-ring (bicyclic) bond motifs is 2. The molecule has 3 heteroatoms. The lowest BCUT2D eigenvalue weighted by atomic mass is 9.70. The number of hydrogen-bond donors (Lipinski definition) is 0. The fourth-order valence-corrected chi connectivity index (χ4v) is 4.10. The maximum absolute atomic E-state index is 12.0. The highest BCUT2D eigenvalue weighted by atomic mass is 16.5. The number of esters is 1. The molecule has 2 rings (SSSR count). The predicted octanol–water partition coefficient (Wildman–Crippen LogP) is 3.86. The summed E-state index contributed by atoms with van der Waals surface area (Å²) in [4.78, 5) is 16.9. The van der Waals surface area contributed by atoms with Crippen molar-refractivity contribution in [2.24, 2.45) is 27.7 Å². The summed E-state index contributed by atoms with van der Waals surface area (Å²) in [5.74, 6) is 0.988. The molecule has 0 aromatic rings. The van der Waals surface area contributed by atoms with E-state index in [1.54, 1.807) is 0 Å². The molecule has 0 aliphatic heterocycles. The minimum absolute atomic E-state index is 0.168. The molecule has 20 heavy (non-hydrogen) atoms. The van der Waals surface area contributed by atoms with Gasteiger partial charge in [-0.1, -0.05) is 34.6 Å². The molecule has 2 aliphatic carbocycles. The smallest absolute Gasteiger partial charge is 0.330 e. The molecule has 0 unspecified atom stereocenters. The van der Waals surface area contributed by atoms with Crippen LogP contribution in [0.1, 0.15) is 60.3 Å². The van der Waals surface area contributed by atoms with Crippen LogP contribution in [0.4, 0.5) is 0 Å². The van der Waals surface area contributed by atoms with E-state index in [1.165, 1.54) is 25.7 Å². The van der Waals surface area contributed by atoms with Crippen LogP contribution in [-0.4, -0.2) is 24.8 Å². The summed E-state index contributed by atoms with van der Waals surface area (Å²) in [6.45, 7) is 11.3. The molecule has 0 heterocycles. The third kappa shape index (κ3) is 2.29. The van der Waals surface area contributed by atoms with Crippen LogP contribution >= 0.6 is 0 Å². The SMILES string of the molecule is COC(=O)[C@H](CC(C)C)N=C1C[C@@H]2CC[C@@]1(C)C2(C)C. The van der Waals surface area contributed by atoms with Crippen LogP contribution in [0, 0.1) is 22.7 Å².